The van der Waals surface area contributed by atoms with Crippen LogP contribution in [0.4, 0.5) is 0 Å². The summed E-state index contributed by atoms with van der Waals surface area (Å²) in [6, 6.07) is 2.04. The smallest absolute Gasteiger partial charge is 0.147 e. The molecule has 0 unspecified atom stereocenters. The first-order chi connectivity index (χ1) is 6.45. The Labute approximate surface area is 74.5 Å². The van der Waals surface area contributed by atoms with Crippen molar-refractivity contribution in [2.24, 2.45) is 0 Å². The number of hydrogen-bond acceptors (Lipinski definition) is 3. The van der Waals surface area contributed by atoms with Gasteiger partial charge in [0.25, 0.3) is 0 Å². The lowest BCUT2D eigenvalue weighted by Gasteiger charge is -2.09. The average Bonchev–Trinajstić information content (AvgIpc) is 2.56. The molecule has 0 atom stereocenters. The van der Waals surface area contributed by atoms with Gasteiger partial charge in [0, 0.05) is 17.8 Å². The molecule has 0 fully saturated rings. The summed E-state index contributed by atoms with van der Waals surface area (Å²) in [4.78, 5) is 8.17. The van der Waals surface area contributed by atoms with E-state index in [4.69, 9.17) is 4.74 Å². The minimum absolute atomic E-state index is 0.604. The van der Waals surface area contributed by atoms with Crippen molar-refractivity contribution in [3.63, 3.8) is 0 Å². The number of fused-ring (bicyclic) bond motifs is 3. The fraction of sp³-hybridized carbons (Fsp3) is 0.111. The van der Waals surface area contributed by atoms with Crippen LogP contribution in [-0.4, -0.2) is 14.5 Å². The molecule has 3 rings (SSSR count). The third-order valence-corrected chi connectivity index (χ3v) is 2.12. The fourth-order valence-electron chi connectivity index (χ4n) is 1.54. The van der Waals surface area contributed by atoms with Crippen LogP contribution in [0, 0.1) is 0 Å². The van der Waals surface area contributed by atoms with Crippen molar-refractivity contribution in [3.8, 4) is 0 Å². The van der Waals surface area contributed by atoms with Gasteiger partial charge in [0.05, 0.1) is 5.69 Å². The molecule has 64 valence electrons. The normalized spacial score (nSPS) is 14.2. The van der Waals surface area contributed by atoms with Gasteiger partial charge in [-0.1, -0.05) is 0 Å². The molecule has 0 aliphatic carbocycles. The molecule has 4 heteroatoms. The first kappa shape index (κ1) is 6.65. The summed E-state index contributed by atoms with van der Waals surface area (Å²) in [6.45, 7) is 0.604. The van der Waals surface area contributed by atoms with Crippen LogP contribution in [0.25, 0.3) is 17.2 Å². The number of aromatic nitrogens is 3. The maximum atomic E-state index is 5.18. The lowest BCUT2D eigenvalue weighted by atomic mass is 10.4. The highest BCUT2D eigenvalue weighted by molar-refractivity contribution is 5.78. The van der Waals surface area contributed by atoms with Gasteiger partial charge in [-0.2, -0.15) is 0 Å². The van der Waals surface area contributed by atoms with Gasteiger partial charge in [-0.05, 0) is 6.07 Å². The van der Waals surface area contributed by atoms with Gasteiger partial charge >= 0.3 is 0 Å². The second-order valence-corrected chi connectivity index (χ2v) is 2.90. The van der Waals surface area contributed by atoms with Crippen LogP contribution >= 0.6 is 0 Å². The minimum atomic E-state index is 0.604. The predicted molar refractivity (Wildman–Crippen MR) is 47.6 cm³/mol. The van der Waals surface area contributed by atoms with E-state index in [1.807, 2.05) is 23.0 Å². The summed E-state index contributed by atoms with van der Waals surface area (Å²) < 4.78 is 7.19. The topological polar surface area (TPSA) is 39.9 Å². The number of nitrogens with zero attached hydrogens (tertiary/aromatic N) is 3. The van der Waals surface area contributed by atoms with Gasteiger partial charge < -0.3 is 4.74 Å². The second kappa shape index (κ2) is 2.32. The van der Waals surface area contributed by atoms with Crippen LogP contribution in [-0.2, 0) is 11.3 Å². The van der Waals surface area contributed by atoms with Crippen molar-refractivity contribution in [2.45, 2.75) is 6.61 Å². The molecule has 0 saturated carbocycles. The van der Waals surface area contributed by atoms with E-state index in [2.05, 4.69) is 9.97 Å². The number of ether oxygens (including phenoxy) is 1. The van der Waals surface area contributed by atoms with Gasteiger partial charge in [0.2, 0.25) is 0 Å². The van der Waals surface area contributed by atoms with Crippen molar-refractivity contribution in [3.05, 3.63) is 30.5 Å². The first-order valence-corrected chi connectivity index (χ1v) is 4.03. The van der Waals surface area contributed by atoms with E-state index in [1.165, 1.54) is 0 Å². The predicted octanol–water partition coefficient (Wildman–Crippen LogP) is 1.39. The van der Waals surface area contributed by atoms with Gasteiger partial charge in [-0.15, -0.1) is 0 Å². The molecule has 4 nitrogen and oxygen atoms in total. The second-order valence-electron chi connectivity index (χ2n) is 2.90. The highest BCUT2D eigenvalue weighted by atomic mass is 16.5. The Morgan fingerprint density at radius 1 is 1.46 bits per heavy atom. The van der Waals surface area contributed by atoms with Crippen molar-refractivity contribution in [1.29, 1.82) is 0 Å². The van der Waals surface area contributed by atoms with Crippen LogP contribution in [0.15, 0.2) is 24.9 Å². The van der Waals surface area contributed by atoms with Crippen LogP contribution in [0.1, 0.15) is 5.69 Å². The lowest BCUT2D eigenvalue weighted by Crippen LogP contribution is -2.01. The van der Waals surface area contributed by atoms with Crippen molar-refractivity contribution < 1.29 is 4.74 Å². The van der Waals surface area contributed by atoms with Gasteiger partial charge in [-0.25, -0.2) is 9.97 Å². The third kappa shape index (κ3) is 0.853. The molecule has 0 spiro atoms. The molecule has 2 aromatic rings. The van der Waals surface area contributed by atoms with Crippen LogP contribution < -0.4 is 0 Å². The zero-order valence-corrected chi connectivity index (χ0v) is 6.84. The Hall–Kier alpha value is -1.84. The van der Waals surface area contributed by atoms with E-state index in [1.54, 1.807) is 12.6 Å². The van der Waals surface area contributed by atoms with Crippen molar-refractivity contribution in [2.75, 3.05) is 0 Å². The van der Waals surface area contributed by atoms with Crippen LogP contribution in [0.3, 0.4) is 0 Å². The highest BCUT2D eigenvalue weighted by Crippen LogP contribution is 2.20. The average molecular weight is 173 g/mol. The quantitative estimate of drug-likeness (QED) is 0.604. The first-order valence-electron chi connectivity index (χ1n) is 4.03. The molecule has 1 aliphatic rings. The highest BCUT2D eigenvalue weighted by Gasteiger charge is 2.10. The fourth-order valence-corrected chi connectivity index (χ4v) is 1.54. The largest absolute Gasteiger partial charge is 0.493 e. The van der Waals surface area contributed by atoms with E-state index in [0.717, 1.165) is 16.7 Å². The van der Waals surface area contributed by atoms with Crippen LogP contribution in [0.2, 0.25) is 0 Å². The molecule has 2 aromatic heterocycles. The zero-order chi connectivity index (χ0) is 8.67. The van der Waals surface area contributed by atoms with E-state index < -0.39 is 0 Å². The van der Waals surface area contributed by atoms with E-state index >= 15 is 0 Å². The van der Waals surface area contributed by atoms with Crippen molar-refractivity contribution in [1.82, 2.24) is 14.5 Å². The lowest BCUT2D eigenvalue weighted by molar-refractivity contribution is 0.225. The molecule has 0 radical (unpaired) electrons. The molecule has 0 aromatic carbocycles. The van der Waals surface area contributed by atoms with E-state index in [0.29, 0.717) is 6.61 Å². The molecule has 0 N–H and O–H groups in total. The van der Waals surface area contributed by atoms with Crippen molar-refractivity contribution >= 4 is 17.2 Å². The number of rotatable bonds is 0. The number of hydrogen-bond donors (Lipinski definition) is 0. The Kier molecular flexibility index (Phi) is 1.19. The SMILES string of the molecule is C1=Cn2c(cc3cncnc32)CO1. The molecule has 0 saturated heterocycles. The molecule has 1 aliphatic heterocycles. The zero-order valence-electron chi connectivity index (χ0n) is 6.84. The maximum absolute atomic E-state index is 5.18. The monoisotopic (exact) mass is 173 g/mol. The molecule has 13 heavy (non-hydrogen) atoms. The van der Waals surface area contributed by atoms with E-state index in [-0.39, 0.29) is 0 Å². The minimum Gasteiger partial charge on any atom is -0.493 e. The Morgan fingerprint density at radius 3 is 3.46 bits per heavy atom. The Bertz CT molecular complexity index is 487. The summed E-state index contributed by atoms with van der Waals surface area (Å²) >= 11 is 0. The molecule has 3 heterocycles. The summed E-state index contributed by atoms with van der Waals surface area (Å²) in [5.74, 6) is 0. The summed E-state index contributed by atoms with van der Waals surface area (Å²) in [6.07, 6.45) is 6.91. The Balaban J connectivity index is 2.42. The maximum Gasteiger partial charge on any atom is 0.147 e. The molecular weight excluding hydrogens is 166 g/mol. The summed E-state index contributed by atoms with van der Waals surface area (Å²) in [7, 11) is 0. The standard InChI is InChI=1S/C9H7N3O/c1-2-13-5-8-3-7-4-10-6-11-9(7)12(1)8/h1-4,6H,5H2. The van der Waals surface area contributed by atoms with Gasteiger partial charge in [0.15, 0.2) is 0 Å². The molecule has 0 amide bonds. The Morgan fingerprint density at radius 2 is 2.46 bits per heavy atom. The molecular formula is C9H7N3O. The van der Waals surface area contributed by atoms with Gasteiger partial charge in [0.1, 0.15) is 24.8 Å². The molecule has 0 bridgehead atoms. The summed E-state index contributed by atoms with van der Waals surface area (Å²) in [5, 5.41) is 1.05. The van der Waals surface area contributed by atoms with Crippen LogP contribution in [0.5, 0.6) is 0 Å². The van der Waals surface area contributed by atoms with Gasteiger partial charge in [-0.3, -0.25) is 4.57 Å². The van der Waals surface area contributed by atoms with E-state index in [9.17, 15) is 0 Å². The third-order valence-electron chi connectivity index (χ3n) is 2.12. The summed E-state index contributed by atoms with van der Waals surface area (Å²) in [5.41, 5.74) is 2.04.